The number of nitrogens with two attached hydrogens (primary N) is 1. The van der Waals surface area contributed by atoms with Crippen LogP contribution >= 0.6 is 27.3 Å². The van der Waals surface area contributed by atoms with Gasteiger partial charge in [0, 0.05) is 28.0 Å². The van der Waals surface area contributed by atoms with Crippen molar-refractivity contribution in [2.45, 2.75) is 26.9 Å². The molecule has 0 saturated heterocycles. The second-order valence-corrected chi connectivity index (χ2v) is 7.61. The number of hydrogen-bond acceptors (Lipinski definition) is 2. The Balaban J connectivity index is 2.12. The number of rotatable bonds is 3. The molecule has 0 atom stereocenters. The summed E-state index contributed by atoms with van der Waals surface area (Å²) in [6, 6.07) is 10.8. The second-order valence-electron chi connectivity index (χ2n) is 5.06. The molecule has 0 aliphatic carbocycles. The van der Waals surface area contributed by atoms with E-state index in [1.54, 1.807) is 11.3 Å². The quantitative estimate of drug-likeness (QED) is 0.737. The van der Waals surface area contributed by atoms with E-state index < -0.39 is 0 Å². The molecule has 0 aliphatic heterocycles. The van der Waals surface area contributed by atoms with E-state index in [9.17, 15) is 0 Å². The van der Waals surface area contributed by atoms with Crippen molar-refractivity contribution < 1.29 is 0 Å². The van der Waals surface area contributed by atoms with Crippen LogP contribution < -0.4 is 5.73 Å². The lowest BCUT2D eigenvalue weighted by atomic mass is 10.1. The summed E-state index contributed by atoms with van der Waals surface area (Å²) in [5.74, 6) is 0. The molecular weight excluding hydrogens is 332 g/mol. The zero-order valence-electron chi connectivity index (χ0n) is 11.6. The molecule has 2 aromatic heterocycles. The Hall–Kier alpha value is -1.10. The molecule has 2 nitrogen and oxygen atoms in total. The Bertz CT molecular complexity index is 770. The van der Waals surface area contributed by atoms with Crippen LogP contribution in [0.1, 0.15) is 21.7 Å². The molecule has 2 N–H and O–H groups in total. The highest BCUT2D eigenvalue weighted by molar-refractivity contribution is 9.11. The summed E-state index contributed by atoms with van der Waals surface area (Å²) in [5, 5.41) is 1.32. The number of nitrogens with zero attached hydrogens (tertiary/aromatic N) is 1. The van der Waals surface area contributed by atoms with Crippen LogP contribution in [0.5, 0.6) is 0 Å². The molecule has 104 valence electrons. The number of halogens is 1. The zero-order valence-corrected chi connectivity index (χ0v) is 14.0. The number of aromatic nitrogens is 1. The SMILES string of the molecule is Cc1c(C)n(Cc2ccc(Br)s2)c2ccc(CN)cc12. The Morgan fingerprint density at radius 1 is 1.20 bits per heavy atom. The van der Waals surface area contributed by atoms with E-state index in [0.717, 1.165) is 6.54 Å². The molecular formula is C16H17BrN2S. The first-order chi connectivity index (χ1) is 9.60. The van der Waals surface area contributed by atoms with Crippen molar-refractivity contribution >= 4 is 38.2 Å². The zero-order chi connectivity index (χ0) is 14.3. The van der Waals surface area contributed by atoms with Crippen LogP contribution in [0.15, 0.2) is 34.1 Å². The van der Waals surface area contributed by atoms with Gasteiger partial charge in [-0.3, -0.25) is 0 Å². The average Bonchev–Trinajstić information content (AvgIpc) is 2.96. The summed E-state index contributed by atoms with van der Waals surface area (Å²) in [7, 11) is 0. The molecule has 0 bridgehead atoms. The molecule has 0 amide bonds. The Morgan fingerprint density at radius 3 is 2.65 bits per heavy atom. The first-order valence-corrected chi connectivity index (χ1v) is 8.23. The largest absolute Gasteiger partial charge is 0.339 e. The monoisotopic (exact) mass is 348 g/mol. The Labute approximate surface area is 131 Å². The summed E-state index contributed by atoms with van der Waals surface area (Å²) < 4.78 is 3.58. The lowest BCUT2D eigenvalue weighted by molar-refractivity contribution is 0.813. The van der Waals surface area contributed by atoms with E-state index in [2.05, 4.69) is 64.7 Å². The first-order valence-electron chi connectivity index (χ1n) is 6.62. The molecule has 0 unspecified atom stereocenters. The van der Waals surface area contributed by atoms with Gasteiger partial charge >= 0.3 is 0 Å². The number of hydrogen-bond donors (Lipinski definition) is 1. The highest BCUT2D eigenvalue weighted by atomic mass is 79.9. The molecule has 0 spiro atoms. The van der Waals surface area contributed by atoms with Crippen LogP contribution in [-0.2, 0) is 13.1 Å². The molecule has 4 heteroatoms. The van der Waals surface area contributed by atoms with Crippen LogP contribution in [0.25, 0.3) is 10.9 Å². The fourth-order valence-corrected chi connectivity index (χ4v) is 4.09. The van der Waals surface area contributed by atoms with Crippen molar-refractivity contribution in [3.05, 3.63) is 55.8 Å². The van der Waals surface area contributed by atoms with Gasteiger partial charge in [0.2, 0.25) is 0 Å². The minimum atomic E-state index is 0.595. The third kappa shape index (κ3) is 2.32. The van der Waals surface area contributed by atoms with Gasteiger partial charge in [-0.2, -0.15) is 0 Å². The van der Waals surface area contributed by atoms with E-state index in [1.807, 2.05) is 0 Å². The van der Waals surface area contributed by atoms with E-state index in [0.29, 0.717) is 6.54 Å². The van der Waals surface area contributed by atoms with Crippen LogP contribution in [0.4, 0.5) is 0 Å². The molecule has 0 radical (unpaired) electrons. The molecule has 20 heavy (non-hydrogen) atoms. The normalized spacial score (nSPS) is 11.4. The smallest absolute Gasteiger partial charge is 0.0702 e. The second kappa shape index (κ2) is 5.35. The molecule has 3 aromatic rings. The fraction of sp³-hybridized carbons (Fsp3) is 0.250. The van der Waals surface area contributed by atoms with Crippen LogP contribution in [-0.4, -0.2) is 4.57 Å². The van der Waals surface area contributed by atoms with E-state index in [-0.39, 0.29) is 0 Å². The minimum absolute atomic E-state index is 0.595. The van der Waals surface area contributed by atoms with E-state index in [1.165, 1.54) is 36.4 Å². The lowest BCUT2D eigenvalue weighted by Crippen LogP contribution is -2.00. The van der Waals surface area contributed by atoms with Crippen LogP contribution in [0.3, 0.4) is 0 Å². The molecule has 1 aromatic carbocycles. The van der Waals surface area contributed by atoms with Crippen molar-refractivity contribution in [3.8, 4) is 0 Å². The van der Waals surface area contributed by atoms with Gasteiger partial charge in [-0.15, -0.1) is 11.3 Å². The van der Waals surface area contributed by atoms with Gasteiger partial charge in [-0.05, 0) is 65.2 Å². The number of fused-ring (bicyclic) bond motifs is 1. The standard InChI is InChI=1S/C16H17BrN2S/c1-10-11(2)19(9-13-4-6-16(17)20-13)15-5-3-12(8-18)7-14(10)15/h3-7H,8-9,18H2,1-2H3. The first kappa shape index (κ1) is 13.9. The summed E-state index contributed by atoms with van der Waals surface area (Å²) in [6.45, 7) is 5.91. The van der Waals surface area contributed by atoms with Gasteiger partial charge in [-0.1, -0.05) is 6.07 Å². The molecule has 0 fully saturated rings. The van der Waals surface area contributed by atoms with E-state index >= 15 is 0 Å². The number of aryl methyl sites for hydroxylation is 1. The van der Waals surface area contributed by atoms with Crippen LogP contribution in [0, 0.1) is 13.8 Å². The Kier molecular flexibility index (Phi) is 3.71. The third-order valence-corrected chi connectivity index (χ3v) is 5.49. The topological polar surface area (TPSA) is 30.9 Å². The number of thiophene rings is 1. The predicted molar refractivity (Wildman–Crippen MR) is 90.4 cm³/mol. The van der Waals surface area contributed by atoms with Crippen molar-refractivity contribution in [2.75, 3.05) is 0 Å². The fourth-order valence-electron chi connectivity index (χ4n) is 2.62. The van der Waals surface area contributed by atoms with Gasteiger partial charge < -0.3 is 10.3 Å². The summed E-state index contributed by atoms with van der Waals surface area (Å²) in [6.07, 6.45) is 0. The van der Waals surface area contributed by atoms with Crippen molar-refractivity contribution in [2.24, 2.45) is 5.73 Å². The maximum atomic E-state index is 5.75. The predicted octanol–water partition coefficient (Wildman–Crippen LogP) is 4.59. The third-order valence-electron chi connectivity index (χ3n) is 3.88. The van der Waals surface area contributed by atoms with Crippen LogP contribution in [0.2, 0.25) is 0 Å². The molecule has 0 aliphatic rings. The Morgan fingerprint density at radius 2 is 2.00 bits per heavy atom. The minimum Gasteiger partial charge on any atom is -0.339 e. The summed E-state index contributed by atoms with van der Waals surface area (Å²) in [4.78, 5) is 1.36. The van der Waals surface area contributed by atoms with E-state index in [4.69, 9.17) is 5.73 Å². The average molecular weight is 349 g/mol. The van der Waals surface area contributed by atoms with Gasteiger partial charge in [-0.25, -0.2) is 0 Å². The molecule has 3 rings (SSSR count). The van der Waals surface area contributed by atoms with Crippen molar-refractivity contribution in [1.29, 1.82) is 0 Å². The highest BCUT2D eigenvalue weighted by Crippen LogP contribution is 2.29. The maximum Gasteiger partial charge on any atom is 0.0702 e. The number of benzene rings is 1. The molecule has 2 heterocycles. The lowest BCUT2D eigenvalue weighted by Gasteiger charge is -2.07. The highest BCUT2D eigenvalue weighted by Gasteiger charge is 2.12. The van der Waals surface area contributed by atoms with Gasteiger partial charge in [0.25, 0.3) is 0 Å². The van der Waals surface area contributed by atoms with Gasteiger partial charge in [0.15, 0.2) is 0 Å². The van der Waals surface area contributed by atoms with Crippen molar-refractivity contribution in [1.82, 2.24) is 4.57 Å². The van der Waals surface area contributed by atoms with Gasteiger partial charge in [0.1, 0.15) is 0 Å². The summed E-state index contributed by atoms with van der Waals surface area (Å²) >= 11 is 5.33. The molecule has 0 saturated carbocycles. The summed E-state index contributed by atoms with van der Waals surface area (Å²) in [5.41, 5.74) is 10.9. The maximum absolute atomic E-state index is 5.75. The van der Waals surface area contributed by atoms with Crippen molar-refractivity contribution in [3.63, 3.8) is 0 Å². The van der Waals surface area contributed by atoms with Gasteiger partial charge in [0.05, 0.1) is 10.3 Å².